The SMILES string of the molecule is CNC(Cc1cccc(F)c1F)Cc1cccc(F)c1F. The molecule has 2 aromatic carbocycles. The molecule has 1 nitrogen and oxygen atoms in total. The first-order valence-corrected chi connectivity index (χ1v) is 6.56. The van der Waals surface area contributed by atoms with Gasteiger partial charge in [-0.25, -0.2) is 17.6 Å². The van der Waals surface area contributed by atoms with E-state index >= 15 is 0 Å². The van der Waals surface area contributed by atoms with Gasteiger partial charge in [-0.2, -0.15) is 0 Å². The van der Waals surface area contributed by atoms with Crippen LogP contribution in [-0.4, -0.2) is 13.1 Å². The maximum Gasteiger partial charge on any atom is 0.162 e. The summed E-state index contributed by atoms with van der Waals surface area (Å²) < 4.78 is 53.6. The predicted octanol–water partition coefficient (Wildman–Crippen LogP) is 3.62. The first-order chi connectivity index (χ1) is 10.0. The standard InChI is InChI=1S/C16H15F4N/c1-21-12(8-10-4-2-6-13(17)15(10)19)9-11-5-3-7-14(18)16(11)20/h2-7,12,21H,8-9H2,1H3. The Bertz CT molecular complexity index is 574. The highest BCUT2D eigenvalue weighted by atomic mass is 19.2. The minimum atomic E-state index is -0.917. The van der Waals surface area contributed by atoms with Crippen molar-refractivity contribution in [2.45, 2.75) is 18.9 Å². The number of rotatable bonds is 5. The second-order valence-electron chi connectivity index (χ2n) is 4.82. The van der Waals surface area contributed by atoms with Crippen LogP contribution in [0.2, 0.25) is 0 Å². The normalized spacial score (nSPS) is 11.1. The van der Waals surface area contributed by atoms with Crippen LogP contribution in [-0.2, 0) is 12.8 Å². The number of hydrogen-bond donors (Lipinski definition) is 1. The Labute approximate surface area is 120 Å². The van der Waals surface area contributed by atoms with E-state index in [2.05, 4.69) is 5.32 Å². The summed E-state index contributed by atoms with van der Waals surface area (Å²) in [7, 11) is 1.64. The van der Waals surface area contributed by atoms with Crippen molar-refractivity contribution in [2.75, 3.05) is 7.05 Å². The van der Waals surface area contributed by atoms with Gasteiger partial charge in [-0.15, -0.1) is 0 Å². The summed E-state index contributed by atoms with van der Waals surface area (Å²) in [5.41, 5.74) is 0.400. The summed E-state index contributed by atoms with van der Waals surface area (Å²) in [6.45, 7) is 0. The predicted molar refractivity (Wildman–Crippen MR) is 73.0 cm³/mol. The van der Waals surface area contributed by atoms with E-state index in [0.717, 1.165) is 12.1 Å². The summed E-state index contributed by atoms with van der Waals surface area (Å²) in [6, 6.07) is 7.54. The zero-order chi connectivity index (χ0) is 15.4. The van der Waals surface area contributed by atoms with Crippen molar-refractivity contribution in [2.24, 2.45) is 0 Å². The molecule has 112 valence electrons. The van der Waals surface area contributed by atoms with Crippen molar-refractivity contribution in [1.29, 1.82) is 0 Å². The lowest BCUT2D eigenvalue weighted by atomic mass is 9.98. The lowest BCUT2D eigenvalue weighted by Crippen LogP contribution is -2.30. The molecule has 0 aliphatic rings. The molecule has 2 rings (SSSR count). The third-order valence-corrected chi connectivity index (χ3v) is 3.40. The summed E-state index contributed by atoms with van der Waals surface area (Å²) >= 11 is 0. The van der Waals surface area contributed by atoms with Gasteiger partial charge >= 0.3 is 0 Å². The van der Waals surface area contributed by atoms with Gasteiger partial charge in [-0.05, 0) is 43.1 Å². The highest BCUT2D eigenvalue weighted by Crippen LogP contribution is 2.17. The quantitative estimate of drug-likeness (QED) is 0.831. The van der Waals surface area contributed by atoms with Gasteiger partial charge in [0.2, 0.25) is 0 Å². The average Bonchev–Trinajstić information content (AvgIpc) is 2.47. The van der Waals surface area contributed by atoms with Crippen molar-refractivity contribution in [3.05, 3.63) is 70.8 Å². The Kier molecular flexibility index (Phi) is 4.96. The first kappa shape index (κ1) is 15.5. The summed E-state index contributed by atoms with van der Waals surface area (Å²) in [4.78, 5) is 0. The summed E-state index contributed by atoms with van der Waals surface area (Å²) in [5.74, 6) is -3.64. The van der Waals surface area contributed by atoms with Crippen molar-refractivity contribution in [3.8, 4) is 0 Å². The van der Waals surface area contributed by atoms with E-state index in [1.54, 1.807) is 7.05 Å². The van der Waals surface area contributed by atoms with Gasteiger partial charge in [0.1, 0.15) is 0 Å². The molecule has 0 amide bonds. The number of benzene rings is 2. The molecule has 0 aliphatic carbocycles. The van der Waals surface area contributed by atoms with Gasteiger partial charge in [0, 0.05) is 6.04 Å². The fourth-order valence-corrected chi connectivity index (χ4v) is 2.22. The van der Waals surface area contributed by atoms with Gasteiger partial charge in [-0.1, -0.05) is 24.3 Å². The molecule has 0 fully saturated rings. The molecule has 5 heteroatoms. The highest BCUT2D eigenvalue weighted by Gasteiger charge is 2.16. The maximum absolute atomic E-state index is 13.6. The van der Waals surface area contributed by atoms with Crippen LogP contribution in [0, 0.1) is 23.3 Å². The van der Waals surface area contributed by atoms with Gasteiger partial charge in [0.05, 0.1) is 0 Å². The summed E-state index contributed by atoms with van der Waals surface area (Å²) in [5, 5.41) is 2.91. The Balaban J connectivity index is 2.17. The molecule has 2 aromatic rings. The van der Waals surface area contributed by atoms with Crippen LogP contribution in [0.5, 0.6) is 0 Å². The second-order valence-corrected chi connectivity index (χ2v) is 4.82. The monoisotopic (exact) mass is 297 g/mol. The van der Waals surface area contributed by atoms with Crippen LogP contribution in [0.4, 0.5) is 17.6 Å². The molecule has 21 heavy (non-hydrogen) atoms. The molecule has 1 N–H and O–H groups in total. The fourth-order valence-electron chi connectivity index (χ4n) is 2.22. The van der Waals surface area contributed by atoms with Gasteiger partial charge in [0.25, 0.3) is 0 Å². The van der Waals surface area contributed by atoms with Crippen LogP contribution >= 0.6 is 0 Å². The van der Waals surface area contributed by atoms with Crippen LogP contribution in [0.1, 0.15) is 11.1 Å². The zero-order valence-electron chi connectivity index (χ0n) is 11.5. The topological polar surface area (TPSA) is 12.0 Å². The Morgan fingerprint density at radius 3 is 1.62 bits per heavy atom. The molecule has 0 saturated carbocycles. The maximum atomic E-state index is 13.6. The van der Waals surface area contributed by atoms with Crippen LogP contribution < -0.4 is 5.32 Å². The third kappa shape index (κ3) is 3.61. The van der Waals surface area contributed by atoms with E-state index in [9.17, 15) is 17.6 Å². The third-order valence-electron chi connectivity index (χ3n) is 3.40. The van der Waals surface area contributed by atoms with Gasteiger partial charge in [-0.3, -0.25) is 0 Å². The van der Waals surface area contributed by atoms with E-state index in [4.69, 9.17) is 0 Å². The van der Waals surface area contributed by atoms with Crippen LogP contribution in [0.3, 0.4) is 0 Å². The van der Waals surface area contributed by atoms with Gasteiger partial charge in [0.15, 0.2) is 23.3 Å². The van der Waals surface area contributed by atoms with Crippen molar-refractivity contribution >= 4 is 0 Å². The van der Waals surface area contributed by atoms with Crippen molar-refractivity contribution in [3.63, 3.8) is 0 Å². The number of halogens is 4. The molecule has 0 aliphatic heterocycles. The van der Waals surface area contributed by atoms with E-state index in [0.29, 0.717) is 0 Å². The highest BCUT2D eigenvalue weighted by molar-refractivity contribution is 5.23. The minimum absolute atomic E-state index is 0.177. The van der Waals surface area contributed by atoms with Gasteiger partial charge < -0.3 is 5.32 Å². The Morgan fingerprint density at radius 2 is 1.24 bits per heavy atom. The second kappa shape index (κ2) is 6.72. The molecule has 0 radical (unpaired) electrons. The molecule has 0 unspecified atom stereocenters. The van der Waals surface area contributed by atoms with Crippen LogP contribution in [0.25, 0.3) is 0 Å². The molecule has 0 spiro atoms. The molecule has 0 bridgehead atoms. The molecular weight excluding hydrogens is 282 g/mol. The molecular formula is C16H15F4N. The zero-order valence-corrected chi connectivity index (χ0v) is 11.5. The van der Waals surface area contributed by atoms with E-state index in [1.807, 2.05) is 0 Å². The molecule has 0 aromatic heterocycles. The fraction of sp³-hybridized carbons (Fsp3) is 0.250. The summed E-state index contributed by atoms with van der Waals surface area (Å²) in [6.07, 6.45) is 0.353. The average molecular weight is 297 g/mol. The van der Waals surface area contributed by atoms with Crippen LogP contribution in [0.15, 0.2) is 36.4 Å². The van der Waals surface area contributed by atoms with E-state index in [1.165, 1.54) is 24.3 Å². The minimum Gasteiger partial charge on any atom is -0.316 e. The lowest BCUT2D eigenvalue weighted by Gasteiger charge is -2.17. The first-order valence-electron chi connectivity index (χ1n) is 6.56. The molecule has 0 atom stereocenters. The Morgan fingerprint density at radius 1 is 0.810 bits per heavy atom. The number of nitrogens with one attached hydrogen (secondary N) is 1. The van der Waals surface area contributed by atoms with E-state index in [-0.39, 0.29) is 30.0 Å². The Hall–Kier alpha value is -1.88. The van der Waals surface area contributed by atoms with Crippen molar-refractivity contribution in [1.82, 2.24) is 5.32 Å². The number of likely N-dealkylation sites (N-methyl/N-ethyl adjacent to an activating group) is 1. The smallest absolute Gasteiger partial charge is 0.162 e. The van der Waals surface area contributed by atoms with Crippen molar-refractivity contribution < 1.29 is 17.6 Å². The molecule has 0 saturated heterocycles. The van der Waals surface area contributed by atoms with E-state index < -0.39 is 23.3 Å². The number of hydrogen-bond acceptors (Lipinski definition) is 1. The largest absolute Gasteiger partial charge is 0.316 e. The molecule has 0 heterocycles. The lowest BCUT2D eigenvalue weighted by molar-refractivity contribution is 0.468.